The van der Waals surface area contributed by atoms with Crippen LogP contribution in [-0.2, 0) is 21.8 Å². The van der Waals surface area contributed by atoms with E-state index in [9.17, 15) is 13.2 Å². The Morgan fingerprint density at radius 2 is 2.24 bits per heavy atom. The van der Waals surface area contributed by atoms with Crippen LogP contribution in [-0.4, -0.2) is 43.8 Å². The molecule has 7 nitrogen and oxygen atoms in total. The molecule has 1 aliphatic rings. The third kappa shape index (κ3) is 4.55. The lowest BCUT2D eigenvalue weighted by Crippen LogP contribution is -2.25. The zero-order valence-corrected chi connectivity index (χ0v) is 12.7. The number of carboxylic acid groups (broad SMARTS) is 1. The van der Waals surface area contributed by atoms with Crippen LogP contribution in [0.5, 0.6) is 0 Å². The summed E-state index contributed by atoms with van der Waals surface area (Å²) >= 11 is 0. The van der Waals surface area contributed by atoms with Crippen LogP contribution in [0.3, 0.4) is 0 Å². The van der Waals surface area contributed by atoms with Gasteiger partial charge in [-0.1, -0.05) is 0 Å². The minimum absolute atomic E-state index is 0.0405. The normalized spacial score (nSPS) is 15.3. The molecular formula is C13H20N2O5S. The Hall–Kier alpha value is -1.38. The Balaban J connectivity index is 1.80. The van der Waals surface area contributed by atoms with Gasteiger partial charge >= 0.3 is 5.97 Å². The van der Waals surface area contributed by atoms with Crippen molar-refractivity contribution in [3.63, 3.8) is 0 Å². The fourth-order valence-electron chi connectivity index (χ4n) is 1.89. The molecule has 0 aromatic carbocycles. The summed E-state index contributed by atoms with van der Waals surface area (Å²) < 4.78 is 33.2. The van der Waals surface area contributed by atoms with E-state index in [-0.39, 0.29) is 17.1 Å². The smallest absolute Gasteiger partial charge is 0.352 e. The van der Waals surface area contributed by atoms with Crippen molar-refractivity contribution in [2.45, 2.75) is 24.2 Å². The first kappa shape index (κ1) is 16.0. The highest BCUT2D eigenvalue weighted by Crippen LogP contribution is 2.28. The number of carbonyl (C=O) groups is 1. The number of aryl methyl sites for hydroxylation is 1. The minimum atomic E-state index is -3.68. The molecule has 0 saturated heterocycles. The minimum Gasteiger partial charge on any atom is -0.477 e. The molecule has 0 spiro atoms. The summed E-state index contributed by atoms with van der Waals surface area (Å²) in [4.78, 5) is 10.9. The van der Waals surface area contributed by atoms with E-state index >= 15 is 0 Å². The molecule has 118 valence electrons. The monoisotopic (exact) mass is 316 g/mol. The molecular weight excluding hydrogens is 296 g/mol. The number of rotatable bonds is 9. The maximum atomic E-state index is 12.0. The Morgan fingerprint density at radius 3 is 2.81 bits per heavy atom. The quantitative estimate of drug-likeness (QED) is 0.657. The van der Waals surface area contributed by atoms with Gasteiger partial charge in [0.05, 0.1) is 0 Å². The van der Waals surface area contributed by atoms with Gasteiger partial charge in [0.2, 0.25) is 10.0 Å². The first-order valence-electron chi connectivity index (χ1n) is 6.87. The van der Waals surface area contributed by atoms with E-state index in [1.165, 1.54) is 30.7 Å². The average molecular weight is 316 g/mol. The molecule has 2 rings (SSSR count). The van der Waals surface area contributed by atoms with E-state index in [0.29, 0.717) is 18.9 Å². The maximum absolute atomic E-state index is 12.0. The summed E-state index contributed by atoms with van der Waals surface area (Å²) in [6, 6.07) is 1.15. The number of hydrogen-bond acceptors (Lipinski definition) is 4. The zero-order valence-electron chi connectivity index (χ0n) is 11.9. The molecule has 0 atom stereocenters. The number of carboxylic acids is 1. The lowest BCUT2D eigenvalue weighted by atomic mass is 10.4. The zero-order chi connectivity index (χ0) is 15.5. The second-order valence-corrected chi connectivity index (χ2v) is 7.01. The lowest BCUT2D eigenvalue weighted by Gasteiger charge is -2.05. The second-order valence-electron chi connectivity index (χ2n) is 5.25. The van der Waals surface area contributed by atoms with Crippen molar-refractivity contribution >= 4 is 16.0 Å². The highest BCUT2D eigenvalue weighted by atomic mass is 32.2. The Morgan fingerprint density at radius 1 is 1.52 bits per heavy atom. The number of hydrogen-bond donors (Lipinski definition) is 2. The molecule has 0 amide bonds. The third-order valence-corrected chi connectivity index (χ3v) is 4.75. The summed E-state index contributed by atoms with van der Waals surface area (Å²) in [5.74, 6) is -0.465. The van der Waals surface area contributed by atoms with Gasteiger partial charge < -0.3 is 14.4 Å². The van der Waals surface area contributed by atoms with Gasteiger partial charge in [-0.05, 0) is 31.2 Å². The first-order chi connectivity index (χ1) is 9.90. The summed E-state index contributed by atoms with van der Waals surface area (Å²) in [6.07, 6.45) is 4.33. The van der Waals surface area contributed by atoms with Crippen LogP contribution in [0.1, 0.15) is 29.8 Å². The predicted octanol–water partition coefficient (Wildman–Crippen LogP) is 0.818. The van der Waals surface area contributed by atoms with Crippen molar-refractivity contribution in [3.05, 3.63) is 18.0 Å². The molecule has 2 N–H and O–H groups in total. The molecule has 0 bridgehead atoms. The predicted molar refractivity (Wildman–Crippen MR) is 75.7 cm³/mol. The fourth-order valence-corrected chi connectivity index (χ4v) is 3.04. The number of aromatic nitrogens is 1. The molecule has 1 aliphatic carbocycles. The lowest BCUT2D eigenvalue weighted by molar-refractivity contribution is 0.0686. The molecule has 1 fully saturated rings. The summed E-state index contributed by atoms with van der Waals surface area (Å²) in [5, 5.41) is 8.92. The topological polar surface area (TPSA) is 97.6 Å². The fraction of sp³-hybridized carbons (Fsp3) is 0.615. The standard InChI is InChI=1S/C13H20N2O5S/c1-15-8-11(7-12(15)13(16)17)21(18,19)14-5-2-6-20-9-10-3-4-10/h7-8,10,14H,2-6,9H2,1H3,(H,16,17). The third-order valence-electron chi connectivity index (χ3n) is 3.32. The van der Waals surface area contributed by atoms with Gasteiger partial charge in [0.25, 0.3) is 0 Å². The molecule has 0 unspecified atom stereocenters. The van der Waals surface area contributed by atoms with E-state index in [4.69, 9.17) is 9.84 Å². The molecule has 1 aromatic rings. The van der Waals surface area contributed by atoms with Gasteiger partial charge in [0, 0.05) is 33.0 Å². The van der Waals surface area contributed by atoms with Gasteiger partial charge in [0.1, 0.15) is 10.6 Å². The highest BCUT2D eigenvalue weighted by molar-refractivity contribution is 7.89. The van der Waals surface area contributed by atoms with Gasteiger partial charge in [-0.15, -0.1) is 0 Å². The van der Waals surface area contributed by atoms with Crippen LogP contribution in [0.4, 0.5) is 0 Å². The molecule has 1 saturated carbocycles. The van der Waals surface area contributed by atoms with Gasteiger partial charge in [-0.3, -0.25) is 0 Å². The van der Waals surface area contributed by atoms with Gasteiger partial charge in [0.15, 0.2) is 0 Å². The highest BCUT2D eigenvalue weighted by Gasteiger charge is 2.21. The van der Waals surface area contributed by atoms with E-state index in [1.807, 2.05) is 0 Å². The van der Waals surface area contributed by atoms with Crippen LogP contribution in [0, 0.1) is 5.92 Å². The largest absolute Gasteiger partial charge is 0.477 e. The molecule has 21 heavy (non-hydrogen) atoms. The van der Waals surface area contributed by atoms with Crippen LogP contribution in [0.2, 0.25) is 0 Å². The van der Waals surface area contributed by atoms with Gasteiger partial charge in [-0.2, -0.15) is 0 Å². The Kier molecular flexibility index (Phi) is 5.02. The van der Waals surface area contributed by atoms with Crippen LogP contribution in [0.25, 0.3) is 0 Å². The van der Waals surface area contributed by atoms with Crippen LogP contribution < -0.4 is 4.72 Å². The summed E-state index contributed by atoms with van der Waals surface area (Å²) in [6.45, 7) is 1.55. The van der Waals surface area contributed by atoms with Crippen molar-refractivity contribution in [2.75, 3.05) is 19.8 Å². The number of ether oxygens (including phenoxy) is 1. The van der Waals surface area contributed by atoms with Crippen molar-refractivity contribution in [3.8, 4) is 0 Å². The summed E-state index contributed by atoms with van der Waals surface area (Å²) in [7, 11) is -2.18. The number of nitrogens with zero attached hydrogens (tertiary/aromatic N) is 1. The van der Waals surface area contributed by atoms with Crippen molar-refractivity contribution in [1.82, 2.24) is 9.29 Å². The number of nitrogens with one attached hydrogen (secondary N) is 1. The average Bonchev–Trinajstić information content (AvgIpc) is 3.13. The van der Waals surface area contributed by atoms with Crippen LogP contribution in [0.15, 0.2) is 17.2 Å². The first-order valence-corrected chi connectivity index (χ1v) is 8.35. The van der Waals surface area contributed by atoms with Crippen LogP contribution >= 0.6 is 0 Å². The Labute approximate surface area is 124 Å². The molecule has 8 heteroatoms. The summed E-state index contributed by atoms with van der Waals surface area (Å²) in [5.41, 5.74) is -0.0665. The molecule has 0 radical (unpaired) electrons. The molecule has 1 heterocycles. The molecule has 1 aromatic heterocycles. The SMILES string of the molecule is Cn1cc(S(=O)(=O)NCCCOCC2CC2)cc1C(=O)O. The van der Waals surface area contributed by atoms with E-state index < -0.39 is 16.0 Å². The Bertz CT molecular complexity index is 604. The maximum Gasteiger partial charge on any atom is 0.352 e. The number of sulfonamides is 1. The molecule has 0 aliphatic heterocycles. The van der Waals surface area contributed by atoms with E-state index in [2.05, 4.69) is 4.72 Å². The van der Waals surface area contributed by atoms with Crippen molar-refractivity contribution < 1.29 is 23.1 Å². The van der Waals surface area contributed by atoms with E-state index in [0.717, 1.165) is 12.7 Å². The number of aromatic carboxylic acids is 1. The van der Waals surface area contributed by atoms with Gasteiger partial charge in [-0.25, -0.2) is 17.9 Å². The van der Waals surface area contributed by atoms with E-state index in [1.54, 1.807) is 0 Å². The van der Waals surface area contributed by atoms with Crippen molar-refractivity contribution in [2.24, 2.45) is 13.0 Å². The van der Waals surface area contributed by atoms with Crippen molar-refractivity contribution in [1.29, 1.82) is 0 Å². The second kappa shape index (κ2) is 6.59.